The first kappa shape index (κ1) is 20.8. The second kappa shape index (κ2) is 8.33. The molecule has 1 aromatic heterocycles. The molecule has 0 radical (unpaired) electrons. The summed E-state index contributed by atoms with van der Waals surface area (Å²) >= 11 is 0. The smallest absolute Gasteiger partial charge is 0.238 e. The van der Waals surface area contributed by atoms with Crippen molar-refractivity contribution < 1.29 is 22.0 Å². The molecular weight excluding hydrogens is 419 g/mol. The van der Waals surface area contributed by atoms with E-state index in [1.165, 1.54) is 31.4 Å². The van der Waals surface area contributed by atoms with E-state index in [1.807, 2.05) is 30.3 Å². The zero-order valence-electron chi connectivity index (χ0n) is 16.6. The van der Waals surface area contributed by atoms with Gasteiger partial charge in [0.25, 0.3) is 0 Å². The molecule has 0 saturated heterocycles. The molecule has 2 N–H and O–H groups in total. The molecule has 0 saturated carbocycles. The monoisotopic (exact) mass is 438 g/mol. The van der Waals surface area contributed by atoms with Crippen molar-refractivity contribution in [3.63, 3.8) is 0 Å². The van der Waals surface area contributed by atoms with Crippen molar-refractivity contribution in [1.82, 2.24) is 4.98 Å². The summed E-state index contributed by atoms with van der Waals surface area (Å²) in [5.41, 5.74) is 2.57. The number of ether oxygens (including phenoxy) is 1. The van der Waals surface area contributed by atoms with Gasteiger partial charge in [0.1, 0.15) is 5.69 Å². The minimum absolute atomic E-state index is 0.0127. The summed E-state index contributed by atoms with van der Waals surface area (Å²) in [5, 5.41) is 5.19. The lowest BCUT2D eigenvalue weighted by Crippen LogP contribution is -2.11. The summed E-state index contributed by atoms with van der Waals surface area (Å²) in [6, 6.07) is 20.2. The average molecular weight is 438 g/mol. The molecule has 8 heteroatoms. The molecule has 1 heterocycles. The van der Waals surface area contributed by atoms with Gasteiger partial charge in [-0.15, -0.1) is 0 Å². The molecule has 0 amide bonds. The van der Waals surface area contributed by atoms with Gasteiger partial charge in [-0.3, -0.25) is 0 Å². The topological polar surface area (TPSA) is 95.4 Å². The first-order valence-electron chi connectivity index (χ1n) is 9.36. The Bertz CT molecular complexity index is 1320. The van der Waals surface area contributed by atoms with E-state index in [0.29, 0.717) is 34.9 Å². The Hall–Kier alpha value is -3.49. The van der Waals surface area contributed by atoms with Crippen molar-refractivity contribution in [3.8, 4) is 28.3 Å². The number of nitrogens with two attached hydrogens (primary N) is 1. The molecule has 31 heavy (non-hydrogen) atoms. The van der Waals surface area contributed by atoms with Crippen LogP contribution in [0.1, 0.15) is 11.5 Å². The van der Waals surface area contributed by atoms with E-state index in [4.69, 9.17) is 14.3 Å². The molecule has 0 aliphatic rings. The molecule has 4 aromatic rings. The van der Waals surface area contributed by atoms with Crippen molar-refractivity contribution in [2.75, 3.05) is 7.11 Å². The van der Waals surface area contributed by atoms with Crippen molar-refractivity contribution in [3.05, 3.63) is 90.1 Å². The zero-order chi connectivity index (χ0) is 22.0. The van der Waals surface area contributed by atoms with Gasteiger partial charge in [-0.05, 0) is 35.9 Å². The lowest BCUT2D eigenvalue weighted by Gasteiger charge is -2.05. The number of rotatable bonds is 6. The van der Waals surface area contributed by atoms with Gasteiger partial charge in [0, 0.05) is 17.5 Å². The second-order valence-electron chi connectivity index (χ2n) is 6.87. The number of halogens is 1. The van der Waals surface area contributed by atoms with Gasteiger partial charge in [0.05, 0.1) is 12.0 Å². The molecule has 4 rings (SSSR count). The van der Waals surface area contributed by atoms with Crippen molar-refractivity contribution in [2.45, 2.75) is 11.3 Å². The maximum atomic E-state index is 14.3. The van der Waals surface area contributed by atoms with Crippen LogP contribution in [0.5, 0.6) is 5.75 Å². The van der Waals surface area contributed by atoms with Crippen LogP contribution in [-0.2, 0) is 16.4 Å². The van der Waals surface area contributed by atoms with E-state index in [1.54, 1.807) is 18.2 Å². The Morgan fingerprint density at radius 1 is 1.00 bits per heavy atom. The van der Waals surface area contributed by atoms with E-state index >= 15 is 0 Å². The Labute approximate surface area is 179 Å². The SMILES string of the molecule is COc1ccc(-c2oc(Cc3ccccc3)nc2-c2ccc(S(N)(=O)=O)cc2)cc1F. The first-order chi connectivity index (χ1) is 14.8. The van der Waals surface area contributed by atoms with E-state index in [0.717, 1.165) is 5.56 Å². The maximum absolute atomic E-state index is 14.3. The Kier molecular flexibility index (Phi) is 5.58. The van der Waals surface area contributed by atoms with Crippen LogP contribution >= 0.6 is 0 Å². The number of methoxy groups -OCH3 is 1. The summed E-state index contributed by atoms with van der Waals surface area (Å²) in [6.45, 7) is 0. The number of nitrogens with zero attached hydrogens (tertiary/aromatic N) is 1. The van der Waals surface area contributed by atoms with Crippen molar-refractivity contribution in [2.24, 2.45) is 5.14 Å². The minimum atomic E-state index is -3.82. The second-order valence-corrected chi connectivity index (χ2v) is 8.43. The Balaban J connectivity index is 1.81. The maximum Gasteiger partial charge on any atom is 0.238 e. The van der Waals surface area contributed by atoms with Gasteiger partial charge in [-0.25, -0.2) is 22.9 Å². The molecule has 0 aliphatic heterocycles. The fourth-order valence-corrected chi connectivity index (χ4v) is 3.73. The highest BCUT2D eigenvalue weighted by molar-refractivity contribution is 7.89. The van der Waals surface area contributed by atoms with Gasteiger partial charge in [0.2, 0.25) is 10.0 Å². The molecule has 0 fully saturated rings. The highest BCUT2D eigenvalue weighted by Crippen LogP contribution is 2.35. The molecule has 0 atom stereocenters. The number of primary sulfonamides is 1. The minimum Gasteiger partial charge on any atom is -0.494 e. The Morgan fingerprint density at radius 2 is 1.68 bits per heavy atom. The number of hydrogen-bond donors (Lipinski definition) is 1. The van der Waals surface area contributed by atoms with Crippen LogP contribution in [0.3, 0.4) is 0 Å². The first-order valence-corrected chi connectivity index (χ1v) is 10.9. The number of oxazole rings is 1. The highest BCUT2D eigenvalue weighted by atomic mass is 32.2. The molecule has 158 valence electrons. The van der Waals surface area contributed by atoms with Crippen molar-refractivity contribution in [1.29, 1.82) is 0 Å². The lowest BCUT2D eigenvalue weighted by molar-refractivity contribution is 0.386. The summed E-state index contributed by atoms with van der Waals surface area (Å²) < 4.78 is 48.5. The molecule has 0 spiro atoms. The number of sulfonamides is 1. The molecule has 6 nitrogen and oxygen atoms in total. The van der Waals surface area contributed by atoms with Crippen LogP contribution in [-0.4, -0.2) is 20.5 Å². The van der Waals surface area contributed by atoms with Crippen molar-refractivity contribution >= 4 is 10.0 Å². The van der Waals surface area contributed by atoms with E-state index in [2.05, 4.69) is 4.98 Å². The van der Waals surface area contributed by atoms with Crippen LogP contribution in [0.25, 0.3) is 22.6 Å². The number of hydrogen-bond acceptors (Lipinski definition) is 5. The van der Waals surface area contributed by atoms with E-state index in [9.17, 15) is 12.8 Å². The largest absolute Gasteiger partial charge is 0.494 e. The van der Waals surface area contributed by atoms with Gasteiger partial charge in [-0.1, -0.05) is 42.5 Å². The third-order valence-corrected chi connectivity index (χ3v) is 5.67. The zero-order valence-corrected chi connectivity index (χ0v) is 17.4. The van der Waals surface area contributed by atoms with Crippen LogP contribution in [0.4, 0.5) is 4.39 Å². The molecular formula is C23H19FN2O4S. The van der Waals surface area contributed by atoms with Crippen LogP contribution < -0.4 is 9.88 Å². The lowest BCUT2D eigenvalue weighted by atomic mass is 10.1. The third kappa shape index (κ3) is 4.50. The number of aromatic nitrogens is 1. The standard InChI is InChI=1S/C23H19FN2O4S/c1-29-20-12-9-17(14-19(20)24)23-22(16-7-10-18(11-8-16)31(25,27)28)26-21(30-23)13-15-5-3-2-4-6-15/h2-12,14H,13H2,1H3,(H2,25,27,28). The highest BCUT2D eigenvalue weighted by Gasteiger charge is 2.19. The van der Waals surface area contributed by atoms with Gasteiger partial charge >= 0.3 is 0 Å². The summed E-state index contributed by atoms with van der Waals surface area (Å²) in [7, 11) is -2.43. The van der Waals surface area contributed by atoms with E-state index < -0.39 is 15.8 Å². The normalized spacial score (nSPS) is 11.5. The van der Waals surface area contributed by atoms with E-state index in [-0.39, 0.29) is 10.6 Å². The average Bonchev–Trinajstić information content (AvgIpc) is 3.17. The molecule has 0 unspecified atom stereocenters. The fraction of sp³-hybridized carbons (Fsp3) is 0.0870. The molecule has 0 aliphatic carbocycles. The quantitative estimate of drug-likeness (QED) is 0.482. The van der Waals surface area contributed by atoms with Crippen LogP contribution in [0, 0.1) is 5.82 Å². The summed E-state index contributed by atoms with van der Waals surface area (Å²) in [4.78, 5) is 4.60. The van der Waals surface area contributed by atoms with Crippen LogP contribution in [0.2, 0.25) is 0 Å². The van der Waals surface area contributed by atoms with Crippen LogP contribution in [0.15, 0.2) is 82.1 Å². The summed E-state index contributed by atoms with van der Waals surface area (Å²) in [5.74, 6) is 0.405. The van der Waals surface area contributed by atoms with Gasteiger partial charge in [-0.2, -0.15) is 0 Å². The van der Waals surface area contributed by atoms with Gasteiger partial charge in [0.15, 0.2) is 23.2 Å². The molecule has 0 bridgehead atoms. The Morgan fingerprint density at radius 3 is 2.29 bits per heavy atom. The molecule has 3 aromatic carbocycles. The fourth-order valence-electron chi connectivity index (χ4n) is 3.21. The number of benzene rings is 3. The predicted octanol–water partition coefficient (Wildman–Crippen LogP) is 4.39. The van der Waals surface area contributed by atoms with Gasteiger partial charge < -0.3 is 9.15 Å². The summed E-state index contributed by atoms with van der Waals surface area (Å²) in [6.07, 6.45) is 0.446. The predicted molar refractivity (Wildman–Crippen MR) is 115 cm³/mol. The third-order valence-electron chi connectivity index (χ3n) is 4.74.